The van der Waals surface area contributed by atoms with Crippen molar-refractivity contribution in [3.05, 3.63) is 69.5 Å². The molecule has 160 valence electrons. The van der Waals surface area contributed by atoms with E-state index in [1.807, 2.05) is 0 Å². The van der Waals surface area contributed by atoms with Crippen LogP contribution in [0.25, 0.3) is 5.57 Å². The van der Waals surface area contributed by atoms with E-state index in [1.54, 1.807) is 19.9 Å². The van der Waals surface area contributed by atoms with Crippen molar-refractivity contribution in [3.63, 3.8) is 0 Å². The monoisotopic (exact) mass is 451 g/mol. The van der Waals surface area contributed by atoms with Gasteiger partial charge in [-0.15, -0.1) is 0 Å². The Morgan fingerprint density at radius 3 is 2.39 bits per heavy atom. The number of hydrogen-bond donors (Lipinski definition) is 0. The lowest BCUT2D eigenvalue weighted by Gasteiger charge is -2.34. The van der Waals surface area contributed by atoms with Gasteiger partial charge in [-0.05, 0) is 47.4 Å². The largest absolute Gasteiger partial charge is 0.534 e. The molecule has 2 aliphatic rings. The van der Waals surface area contributed by atoms with E-state index in [2.05, 4.69) is 4.18 Å². The molecule has 31 heavy (non-hydrogen) atoms. The van der Waals surface area contributed by atoms with Gasteiger partial charge in [0, 0.05) is 22.1 Å². The number of halogens is 4. The van der Waals surface area contributed by atoms with E-state index in [-0.39, 0.29) is 34.2 Å². The molecule has 0 spiro atoms. The Morgan fingerprint density at radius 2 is 1.77 bits per heavy atom. The van der Waals surface area contributed by atoms with Crippen LogP contribution in [-0.2, 0) is 22.0 Å². The highest BCUT2D eigenvalue weighted by molar-refractivity contribution is 7.88. The molecular formula is C21H13F4NO4S. The van der Waals surface area contributed by atoms with E-state index < -0.39 is 38.4 Å². The molecule has 2 aromatic carbocycles. The second kappa shape index (κ2) is 6.40. The molecule has 0 aliphatic heterocycles. The molecule has 0 fully saturated rings. The second-order valence-corrected chi connectivity index (χ2v) is 9.28. The molecule has 5 nitrogen and oxygen atoms in total. The van der Waals surface area contributed by atoms with Crippen LogP contribution in [0.2, 0.25) is 0 Å². The quantitative estimate of drug-likeness (QED) is 0.384. The maximum atomic E-state index is 14.7. The van der Waals surface area contributed by atoms with E-state index in [0.29, 0.717) is 11.1 Å². The van der Waals surface area contributed by atoms with Crippen molar-refractivity contribution in [3.8, 4) is 11.8 Å². The number of hydrogen-bond acceptors (Lipinski definition) is 5. The summed E-state index contributed by atoms with van der Waals surface area (Å²) in [5.74, 6) is -1.77. The van der Waals surface area contributed by atoms with E-state index in [4.69, 9.17) is 5.26 Å². The number of allylic oxidation sites excluding steroid dienone is 2. The highest BCUT2D eigenvalue weighted by Crippen LogP contribution is 2.51. The number of carbonyl (C=O) groups is 1. The molecule has 0 heterocycles. The fourth-order valence-corrected chi connectivity index (χ4v) is 4.55. The minimum absolute atomic E-state index is 0.0378. The first-order valence-electron chi connectivity index (χ1n) is 8.95. The summed E-state index contributed by atoms with van der Waals surface area (Å²) in [6, 6.07) is 7.80. The maximum absolute atomic E-state index is 14.7. The fourth-order valence-electron chi connectivity index (χ4n) is 4.10. The average molecular weight is 451 g/mol. The number of rotatable bonds is 2. The second-order valence-electron chi connectivity index (χ2n) is 7.74. The van der Waals surface area contributed by atoms with Crippen molar-refractivity contribution >= 4 is 21.5 Å². The number of alkyl halides is 3. The summed E-state index contributed by atoms with van der Waals surface area (Å²) in [6.45, 7) is 3.40. The minimum Gasteiger partial charge on any atom is -0.376 e. The molecule has 2 aromatic rings. The summed E-state index contributed by atoms with van der Waals surface area (Å²) < 4.78 is 79.6. The first kappa shape index (κ1) is 21.1. The zero-order valence-electron chi connectivity index (χ0n) is 16.1. The van der Waals surface area contributed by atoms with Crippen LogP contribution in [0.1, 0.15) is 46.5 Å². The Labute approximate surface area is 174 Å². The predicted octanol–water partition coefficient (Wildman–Crippen LogP) is 4.41. The van der Waals surface area contributed by atoms with Crippen LogP contribution in [0.4, 0.5) is 17.6 Å². The Balaban J connectivity index is 1.83. The van der Waals surface area contributed by atoms with E-state index >= 15 is 0 Å². The van der Waals surface area contributed by atoms with Crippen molar-refractivity contribution in [2.75, 3.05) is 0 Å². The van der Waals surface area contributed by atoms with Crippen molar-refractivity contribution in [2.24, 2.45) is 0 Å². The first-order valence-corrected chi connectivity index (χ1v) is 10.4. The van der Waals surface area contributed by atoms with E-state index in [9.17, 15) is 30.8 Å². The van der Waals surface area contributed by atoms with Gasteiger partial charge in [0.25, 0.3) is 0 Å². The van der Waals surface area contributed by atoms with E-state index in [1.165, 1.54) is 18.2 Å². The molecular weight excluding hydrogens is 438 g/mol. The standard InChI is InChI=1S/C21H13F4NO4S/c1-20(2)15-7-11(30-31(28,29)21(23,24)25)4-6-13(15)19(27)17-12-5-3-10(9-26)18(22)14(12)8-16(17)20/h3-7H,8H2,1-2H3. The third-order valence-corrected chi connectivity index (χ3v) is 6.65. The predicted molar refractivity (Wildman–Crippen MR) is 101 cm³/mol. The Bertz CT molecular complexity index is 1350. The summed E-state index contributed by atoms with van der Waals surface area (Å²) in [7, 11) is -5.88. The molecule has 0 amide bonds. The van der Waals surface area contributed by atoms with Gasteiger partial charge in [-0.3, -0.25) is 4.79 Å². The van der Waals surface area contributed by atoms with Crippen molar-refractivity contribution in [1.82, 2.24) is 0 Å². The third-order valence-electron chi connectivity index (χ3n) is 5.67. The number of ketones is 1. The zero-order valence-corrected chi connectivity index (χ0v) is 16.9. The van der Waals surface area contributed by atoms with Gasteiger partial charge < -0.3 is 4.18 Å². The average Bonchev–Trinajstić information content (AvgIpc) is 3.07. The normalized spacial score (nSPS) is 17.0. The molecule has 0 atom stereocenters. The SMILES string of the molecule is CC1(C)C2=C(C(=O)c3ccc(OS(=O)(=O)C(F)(F)F)cc31)c1ccc(C#N)c(F)c1C2. The molecule has 0 unspecified atom stereocenters. The number of nitrogens with zero attached hydrogens (tertiary/aromatic N) is 1. The number of nitriles is 1. The van der Waals surface area contributed by atoms with Gasteiger partial charge in [0.15, 0.2) is 5.78 Å². The van der Waals surface area contributed by atoms with Crippen molar-refractivity contribution in [2.45, 2.75) is 31.2 Å². The van der Waals surface area contributed by atoms with Crippen LogP contribution in [-0.4, -0.2) is 19.7 Å². The van der Waals surface area contributed by atoms with Gasteiger partial charge >= 0.3 is 15.6 Å². The zero-order chi connectivity index (χ0) is 22.9. The van der Waals surface area contributed by atoms with Crippen LogP contribution >= 0.6 is 0 Å². The lowest BCUT2D eigenvalue weighted by Crippen LogP contribution is -2.31. The number of fused-ring (bicyclic) bond motifs is 3. The smallest absolute Gasteiger partial charge is 0.376 e. The Morgan fingerprint density at radius 1 is 1.13 bits per heavy atom. The number of Topliss-reactive ketones (excluding diaryl/α,β-unsaturated/α-hetero) is 1. The molecule has 0 bridgehead atoms. The van der Waals surface area contributed by atoms with E-state index in [0.717, 1.165) is 12.1 Å². The third kappa shape index (κ3) is 2.95. The van der Waals surface area contributed by atoms with Gasteiger partial charge in [0.05, 0.1) is 5.56 Å². The van der Waals surface area contributed by atoms with Gasteiger partial charge in [-0.1, -0.05) is 19.9 Å². The molecule has 10 heteroatoms. The fraction of sp³-hybridized carbons (Fsp3) is 0.238. The summed E-state index contributed by atoms with van der Waals surface area (Å²) >= 11 is 0. The number of carbonyl (C=O) groups excluding carboxylic acids is 1. The highest BCUT2D eigenvalue weighted by Gasteiger charge is 2.49. The van der Waals surface area contributed by atoms with Gasteiger partial charge in [0.2, 0.25) is 0 Å². The Hall–Kier alpha value is -3.19. The van der Waals surface area contributed by atoms with Crippen LogP contribution < -0.4 is 4.18 Å². The van der Waals surface area contributed by atoms with Crippen molar-refractivity contribution in [1.29, 1.82) is 5.26 Å². The van der Waals surface area contributed by atoms with Crippen molar-refractivity contribution < 1.29 is 35.0 Å². The summed E-state index contributed by atoms with van der Waals surface area (Å²) in [6.07, 6.45) is 0.0378. The van der Waals surface area contributed by atoms with Crippen LogP contribution in [0.5, 0.6) is 5.75 Å². The maximum Gasteiger partial charge on any atom is 0.534 e. The topological polar surface area (TPSA) is 84.2 Å². The first-order chi connectivity index (χ1) is 14.3. The lowest BCUT2D eigenvalue weighted by molar-refractivity contribution is -0.0500. The molecule has 2 aliphatic carbocycles. The molecule has 0 saturated carbocycles. The lowest BCUT2D eigenvalue weighted by atomic mass is 9.68. The van der Waals surface area contributed by atoms with Crippen LogP contribution in [0.3, 0.4) is 0 Å². The summed E-state index contributed by atoms with van der Waals surface area (Å²) in [5.41, 5.74) is -4.90. The summed E-state index contributed by atoms with van der Waals surface area (Å²) in [5, 5.41) is 9.07. The minimum atomic E-state index is -5.88. The molecule has 0 aromatic heterocycles. The van der Waals surface area contributed by atoms with Crippen LogP contribution in [0, 0.1) is 17.1 Å². The highest BCUT2D eigenvalue weighted by atomic mass is 32.2. The van der Waals surface area contributed by atoms with Gasteiger partial charge in [0.1, 0.15) is 17.6 Å². The molecule has 0 saturated heterocycles. The molecule has 0 radical (unpaired) electrons. The number of benzene rings is 2. The summed E-state index contributed by atoms with van der Waals surface area (Å²) in [4.78, 5) is 13.2. The van der Waals surface area contributed by atoms with Gasteiger partial charge in [-0.25, -0.2) is 4.39 Å². The van der Waals surface area contributed by atoms with Crippen LogP contribution in [0.15, 0.2) is 35.9 Å². The Kier molecular flexibility index (Phi) is 4.35. The molecule has 0 N–H and O–H groups in total. The molecule has 4 rings (SSSR count). The van der Waals surface area contributed by atoms with Gasteiger partial charge in [-0.2, -0.15) is 26.9 Å².